The number of amides is 1. The third-order valence-electron chi connectivity index (χ3n) is 3.67. The summed E-state index contributed by atoms with van der Waals surface area (Å²) in [5, 5.41) is 8.87. The van der Waals surface area contributed by atoms with Crippen LogP contribution in [0.15, 0.2) is 12.1 Å². The summed E-state index contributed by atoms with van der Waals surface area (Å²) in [6.07, 6.45) is 0.480. The molecule has 2 rings (SSSR count). The lowest BCUT2D eigenvalue weighted by atomic mass is 10.1. The summed E-state index contributed by atoms with van der Waals surface area (Å²) in [6, 6.07) is 4.07. The summed E-state index contributed by atoms with van der Waals surface area (Å²) in [5.74, 6) is -0.754. The van der Waals surface area contributed by atoms with Gasteiger partial charge < -0.3 is 14.9 Å². The van der Waals surface area contributed by atoms with Gasteiger partial charge in [0, 0.05) is 26.6 Å². The number of carboxylic acid groups (broad SMARTS) is 1. The molecule has 1 aromatic rings. The Morgan fingerprint density at radius 2 is 2.05 bits per heavy atom. The van der Waals surface area contributed by atoms with Gasteiger partial charge in [0.25, 0.3) is 0 Å². The van der Waals surface area contributed by atoms with Crippen molar-refractivity contribution in [2.24, 2.45) is 0 Å². The molecule has 0 spiro atoms. The largest absolute Gasteiger partial charge is 0.481 e. The summed E-state index contributed by atoms with van der Waals surface area (Å²) in [7, 11) is 1.78. The molecule has 1 aliphatic rings. The third-order valence-corrected chi connectivity index (χ3v) is 3.67. The van der Waals surface area contributed by atoms with Crippen molar-refractivity contribution in [3.63, 3.8) is 0 Å². The van der Waals surface area contributed by atoms with Gasteiger partial charge >= 0.3 is 5.97 Å². The van der Waals surface area contributed by atoms with Gasteiger partial charge in [-0.25, -0.2) is 0 Å². The maximum absolute atomic E-state index is 12.1. The van der Waals surface area contributed by atoms with Crippen LogP contribution < -0.4 is 9.80 Å². The Bertz CT molecular complexity index is 554. The Balaban J connectivity index is 2.46. The Morgan fingerprint density at radius 3 is 2.70 bits per heavy atom. The number of hydrogen-bond donors (Lipinski definition) is 1. The molecule has 0 atom stereocenters. The average Bonchev–Trinajstić information content (AvgIpc) is 2.46. The van der Waals surface area contributed by atoms with Crippen LogP contribution in [-0.2, 0) is 9.59 Å². The summed E-state index contributed by atoms with van der Waals surface area (Å²) in [5.41, 5.74) is 4.00. The molecule has 1 aliphatic heterocycles. The summed E-state index contributed by atoms with van der Waals surface area (Å²) in [4.78, 5) is 26.6. The number of fused-ring (bicyclic) bond motifs is 1. The number of aryl methyl sites for hydroxylation is 2. The molecule has 0 fully saturated rings. The Kier molecular flexibility index (Phi) is 3.97. The number of nitrogens with zero attached hydrogens (tertiary/aromatic N) is 2. The predicted octanol–water partition coefficient (Wildman–Crippen LogP) is 1.95. The highest BCUT2D eigenvalue weighted by atomic mass is 16.4. The van der Waals surface area contributed by atoms with Crippen LogP contribution in [0.1, 0.15) is 24.0 Å². The standard InChI is InChI=1S/C15H20N2O3/c1-10-8-11(2)15-12(9-10)17(7-5-14(19)20)6-4-13(18)16(15)3/h8-9H,4-7H2,1-3H3,(H,19,20). The Labute approximate surface area is 118 Å². The number of carboxylic acids is 1. The first-order valence-electron chi connectivity index (χ1n) is 6.74. The number of carbonyl (C=O) groups excluding carboxylic acids is 1. The molecule has 0 saturated heterocycles. The molecule has 20 heavy (non-hydrogen) atoms. The van der Waals surface area contributed by atoms with E-state index < -0.39 is 5.97 Å². The van der Waals surface area contributed by atoms with Gasteiger partial charge in [-0.2, -0.15) is 0 Å². The Morgan fingerprint density at radius 1 is 1.35 bits per heavy atom. The van der Waals surface area contributed by atoms with E-state index in [-0.39, 0.29) is 12.3 Å². The molecule has 0 unspecified atom stereocenters. The Hall–Kier alpha value is -2.04. The van der Waals surface area contributed by atoms with Crippen LogP contribution in [0.4, 0.5) is 11.4 Å². The number of hydrogen-bond acceptors (Lipinski definition) is 3. The van der Waals surface area contributed by atoms with Crippen molar-refractivity contribution >= 4 is 23.3 Å². The van der Waals surface area contributed by atoms with Crippen molar-refractivity contribution in [3.8, 4) is 0 Å². The lowest BCUT2D eigenvalue weighted by Gasteiger charge is -2.26. The molecule has 0 bridgehead atoms. The number of benzene rings is 1. The fraction of sp³-hybridized carbons (Fsp3) is 0.467. The molecule has 0 aromatic heterocycles. The SMILES string of the molecule is Cc1cc(C)c2c(c1)N(CCC(=O)O)CCC(=O)N2C. The molecule has 1 amide bonds. The second-order valence-corrected chi connectivity index (χ2v) is 5.28. The molecule has 5 nitrogen and oxygen atoms in total. The van der Waals surface area contributed by atoms with Gasteiger partial charge in [-0.1, -0.05) is 6.07 Å². The van der Waals surface area contributed by atoms with Crippen molar-refractivity contribution in [2.75, 3.05) is 29.9 Å². The second kappa shape index (κ2) is 5.53. The summed E-state index contributed by atoms with van der Waals surface area (Å²) >= 11 is 0. The molecule has 5 heteroatoms. The second-order valence-electron chi connectivity index (χ2n) is 5.28. The van der Waals surface area contributed by atoms with E-state index in [1.165, 1.54) is 0 Å². The molecule has 1 heterocycles. The van der Waals surface area contributed by atoms with E-state index in [2.05, 4.69) is 0 Å². The van der Waals surface area contributed by atoms with Gasteiger partial charge in [0.15, 0.2) is 0 Å². The lowest BCUT2D eigenvalue weighted by Crippen LogP contribution is -2.27. The quantitative estimate of drug-likeness (QED) is 0.916. The van der Waals surface area contributed by atoms with E-state index in [4.69, 9.17) is 5.11 Å². The van der Waals surface area contributed by atoms with Crippen molar-refractivity contribution < 1.29 is 14.7 Å². The molecular weight excluding hydrogens is 256 g/mol. The first-order chi connectivity index (χ1) is 9.40. The molecular formula is C15H20N2O3. The van der Waals surface area contributed by atoms with Crippen molar-refractivity contribution in [1.29, 1.82) is 0 Å². The van der Waals surface area contributed by atoms with Gasteiger partial charge in [-0.05, 0) is 31.0 Å². The first-order valence-corrected chi connectivity index (χ1v) is 6.74. The topological polar surface area (TPSA) is 60.9 Å². The monoisotopic (exact) mass is 276 g/mol. The molecule has 0 saturated carbocycles. The maximum atomic E-state index is 12.1. The van der Waals surface area contributed by atoms with Gasteiger partial charge in [0.05, 0.1) is 17.8 Å². The zero-order valence-corrected chi connectivity index (χ0v) is 12.1. The maximum Gasteiger partial charge on any atom is 0.305 e. The lowest BCUT2D eigenvalue weighted by molar-refractivity contribution is -0.136. The number of rotatable bonds is 3. The van der Waals surface area contributed by atoms with E-state index in [1.54, 1.807) is 11.9 Å². The van der Waals surface area contributed by atoms with Gasteiger partial charge in [-0.15, -0.1) is 0 Å². The number of aliphatic carboxylic acids is 1. The molecule has 0 radical (unpaired) electrons. The molecule has 1 aromatic carbocycles. The van der Waals surface area contributed by atoms with Crippen LogP contribution in [0, 0.1) is 13.8 Å². The van der Waals surface area contributed by atoms with E-state index >= 15 is 0 Å². The minimum Gasteiger partial charge on any atom is -0.481 e. The minimum atomic E-state index is -0.820. The van der Waals surface area contributed by atoms with E-state index in [1.807, 2.05) is 30.9 Å². The normalized spacial score (nSPS) is 15.1. The smallest absolute Gasteiger partial charge is 0.305 e. The third kappa shape index (κ3) is 2.76. The van der Waals surface area contributed by atoms with E-state index in [9.17, 15) is 9.59 Å². The predicted molar refractivity (Wildman–Crippen MR) is 78.4 cm³/mol. The molecule has 108 valence electrons. The summed E-state index contributed by atoms with van der Waals surface area (Å²) in [6.45, 7) is 4.98. The van der Waals surface area contributed by atoms with Crippen LogP contribution in [-0.4, -0.2) is 37.1 Å². The molecule has 0 aliphatic carbocycles. The van der Waals surface area contributed by atoms with Crippen LogP contribution in [0.2, 0.25) is 0 Å². The molecule has 1 N–H and O–H groups in total. The number of anilines is 2. The first kappa shape index (κ1) is 14.4. The van der Waals surface area contributed by atoms with Crippen LogP contribution in [0.3, 0.4) is 0 Å². The van der Waals surface area contributed by atoms with Gasteiger partial charge in [0.1, 0.15) is 0 Å². The highest BCUT2D eigenvalue weighted by Crippen LogP contribution is 2.36. The highest BCUT2D eigenvalue weighted by molar-refractivity contribution is 5.99. The fourth-order valence-corrected chi connectivity index (χ4v) is 2.72. The van der Waals surface area contributed by atoms with Crippen LogP contribution in [0.25, 0.3) is 0 Å². The van der Waals surface area contributed by atoms with Crippen LogP contribution >= 0.6 is 0 Å². The minimum absolute atomic E-state index is 0.0658. The van der Waals surface area contributed by atoms with Crippen molar-refractivity contribution in [3.05, 3.63) is 23.3 Å². The fourth-order valence-electron chi connectivity index (χ4n) is 2.72. The zero-order valence-electron chi connectivity index (χ0n) is 12.1. The van der Waals surface area contributed by atoms with Crippen LogP contribution in [0.5, 0.6) is 0 Å². The van der Waals surface area contributed by atoms with Crippen molar-refractivity contribution in [1.82, 2.24) is 0 Å². The zero-order chi connectivity index (χ0) is 14.9. The van der Waals surface area contributed by atoms with Crippen molar-refractivity contribution in [2.45, 2.75) is 26.7 Å². The summed E-state index contributed by atoms with van der Waals surface area (Å²) < 4.78 is 0. The number of carbonyl (C=O) groups is 2. The highest BCUT2D eigenvalue weighted by Gasteiger charge is 2.25. The van der Waals surface area contributed by atoms with Gasteiger partial charge in [-0.3, -0.25) is 9.59 Å². The van der Waals surface area contributed by atoms with E-state index in [0.717, 1.165) is 22.5 Å². The van der Waals surface area contributed by atoms with Gasteiger partial charge in [0.2, 0.25) is 5.91 Å². The van der Waals surface area contributed by atoms with E-state index in [0.29, 0.717) is 19.5 Å². The average molecular weight is 276 g/mol.